The van der Waals surface area contributed by atoms with Crippen molar-refractivity contribution in [2.45, 2.75) is 63.8 Å². The first-order chi connectivity index (χ1) is 22.0. The third-order valence-corrected chi connectivity index (χ3v) is 7.99. The molecule has 1 amide bonds. The smallest absolute Gasteiger partial charge is 0.306 e. The number of aliphatic hydroxyl groups is 1. The number of aliphatic imine (C=N–C) groups is 1. The fourth-order valence-corrected chi connectivity index (χ4v) is 5.63. The lowest BCUT2D eigenvalue weighted by atomic mass is 9.83. The van der Waals surface area contributed by atoms with E-state index in [0.29, 0.717) is 47.0 Å². The zero-order valence-electron chi connectivity index (χ0n) is 26.8. The molecule has 1 aliphatic rings. The minimum Gasteiger partial charge on any atom is -0.494 e. The first kappa shape index (κ1) is 34.8. The van der Waals surface area contributed by atoms with Crippen molar-refractivity contribution in [1.82, 2.24) is 5.32 Å². The van der Waals surface area contributed by atoms with E-state index in [1.54, 1.807) is 65.3 Å². The molecule has 2 N–H and O–H groups in total. The van der Waals surface area contributed by atoms with Gasteiger partial charge in [0.15, 0.2) is 23.1 Å². The van der Waals surface area contributed by atoms with Crippen LogP contribution in [0.2, 0.25) is 0 Å². The van der Waals surface area contributed by atoms with Gasteiger partial charge < -0.3 is 34.1 Å². The Balaban J connectivity index is 1.75. The number of halogens is 1. The molecule has 0 unspecified atom stereocenters. The van der Waals surface area contributed by atoms with Crippen LogP contribution in [0.25, 0.3) is 0 Å². The van der Waals surface area contributed by atoms with Gasteiger partial charge >= 0.3 is 5.97 Å². The molecule has 0 saturated heterocycles. The molecule has 3 aromatic rings. The number of hydrogen-bond acceptors (Lipinski definition) is 9. The molecular weight excluding hydrogens is 656 g/mol. The predicted octanol–water partition coefficient (Wildman–Crippen LogP) is 5.92. The maximum Gasteiger partial charge on any atom is 0.306 e. The lowest BCUT2D eigenvalue weighted by molar-refractivity contribution is -0.155. The summed E-state index contributed by atoms with van der Waals surface area (Å²) in [6, 6.07) is 20.1. The maximum atomic E-state index is 14.5. The summed E-state index contributed by atoms with van der Waals surface area (Å²) in [6.45, 7) is 5.92. The van der Waals surface area contributed by atoms with Gasteiger partial charge in [-0.2, -0.15) is 0 Å². The lowest BCUT2D eigenvalue weighted by Gasteiger charge is -2.31. The number of nitrogens with zero attached hydrogens (tertiary/aromatic N) is 1. The van der Waals surface area contributed by atoms with Crippen molar-refractivity contribution >= 4 is 33.7 Å². The highest BCUT2D eigenvalue weighted by Gasteiger charge is 2.54. The van der Waals surface area contributed by atoms with Crippen LogP contribution in [0.4, 0.5) is 0 Å². The fourth-order valence-electron chi connectivity index (χ4n) is 5.14. The maximum absolute atomic E-state index is 14.5. The van der Waals surface area contributed by atoms with Gasteiger partial charge in [-0.3, -0.25) is 9.59 Å². The van der Waals surface area contributed by atoms with Crippen LogP contribution in [0.1, 0.15) is 62.8 Å². The number of aliphatic hydroxyl groups excluding tert-OH is 1. The topological polar surface area (TPSA) is 125 Å². The van der Waals surface area contributed by atoms with E-state index in [2.05, 4.69) is 21.2 Å². The molecule has 1 heterocycles. The number of rotatable bonds is 14. The van der Waals surface area contributed by atoms with Gasteiger partial charge in [0.2, 0.25) is 5.90 Å². The van der Waals surface area contributed by atoms with Crippen molar-refractivity contribution in [3.63, 3.8) is 0 Å². The Morgan fingerprint density at radius 3 is 2.41 bits per heavy atom. The summed E-state index contributed by atoms with van der Waals surface area (Å²) >= 11 is 3.63. The highest BCUT2D eigenvalue weighted by Crippen LogP contribution is 2.45. The summed E-state index contributed by atoms with van der Waals surface area (Å²) in [5.74, 6) is 1.03. The summed E-state index contributed by atoms with van der Waals surface area (Å²) < 4.78 is 29.6. The van der Waals surface area contributed by atoms with Crippen LogP contribution in [0, 0.1) is 0 Å². The Bertz CT molecular complexity index is 1540. The highest BCUT2D eigenvalue weighted by molar-refractivity contribution is 9.10. The first-order valence-electron chi connectivity index (χ1n) is 15.1. The monoisotopic (exact) mass is 696 g/mol. The average Bonchev–Trinajstić information content (AvgIpc) is 3.42. The minimum atomic E-state index is -1.54. The quantitative estimate of drug-likeness (QED) is 0.157. The normalized spacial score (nSPS) is 17.5. The van der Waals surface area contributed by atoms with E-state index in [9.17, 15) is 9.59 Å². The highest BCUT2D eigenvalue weighted by atomic mass is 79.9. The second-order valence-electron chi connectivity index (χ2n) is 11.7. The molecule has 0 radical (unpaired) electrons. The van der Waals surface area contributed by atoms with Crippen LogP contribution in [0.5, 0.6) is 17.2 Å². The van der Waals surface area contributed by atoms with Crippen LogP contribution in [-0.4, -0.2) is 61.5 Å². The summed E-state index contributed by atoms with van der Waals surface area (Å²) in [5, 5.41) is 12.1. The first-order valence-corrected chi connectivity index (χ1v) is 15.9. The van der Waals surface area contributed by atoms with E-state index in [1.165, 1.54) is 0 Å². The third-order valence-electron chi connectivity index (χ3n) is 7.27. The molecule has 0 spiro atoms. The molecular formula is C35H41BrN2O8. The molecule has 4 rings (SSSR count). The third kappa shape index (κ3) is 8.38. The molecule has 2 atom stereocenters. The Hall–Kier alpha value is -4.09. The number of carbonyl (C=O) groups excluding carboxylic acids is 2. The number of hydrogen-bond donors (Lipinski definition) is 2. The SMILES string of the molecule is COc1cccc(CNC(=O)[C@]2(CCC(=O)OC(C)(C)C)N=C(c3ccc(OCCCO)cc3)O[C@@H]2c2ccccc2Br)c1OC. The van der Waals surface area contributed by atoms with E-state index in [4.69, 9.17) is 33.8 Å². The molecule has 246 valence electrons. The zero-order valence-corrected chi connectivity index (χ0v) is 28.4. The van der Waals surface area contributed by atoms with Gasteiger partial charge in [-0.1, -0.05) is 46.3 Å². The van der Waals surface area contributed by atoms with Crippen LogP contribution >= 0.6 is 15.9 Å². The lowest BCUT2D eigenvalue weighted by Crippen LogP contribution is -2.48. The Morgan fingerprint density at radius 2 is 1.76 bits per heavy atom. The summed E-state index contributed by atoms with van der Waals surface area (Å²) in [7, 11) is 3.09. The second kappa shape index (κ2) is 15.5. The van der Waals surface area contributed by atoms with E-state index in [1.807, 2.05) is 36.4 Å². The van der Waals surface area contributed by atoms with Crippen molar-refractivity contribution < 1.29 is 38.4 Å². The van der Waals surface area contributed by atoms with Crippen molar-refractivity contribution in [3.8, 4) is 17.2 Å². The van der Waals surface area contributed by atoms with Crippen molar-refractivity contribution in [2.75, 3.05) is 27.4 Å². The standard InChI is InChI=1S/C35H41BrN2O8/c1-34(2,3)46-29(40)18-19-35(33(41)37-22-24-10-8-13-28(42-4)30(24)43-5)31(26-11-6-7-12-27(26)36)45-32(38-35)23-14-16-25(17-15-23)44-21-9-20-39/h6-8,10-17,31,39H,9,18-22H2,1-5H3,(H,37,41)/t31-,35-/m1/s1. The number of nitrogens with one attached hydrogen (secondary N) is 1. The van der Waals surface area contributed by atoms with Gasteiger partial charge in [-0.05, 0) is 63.6 Å². The molecule has 0 bridgehead atoms. The largest absolute Gasteiger partial charge is 0.494 e. The minimum absolute atomic E-state index is 0.0147. The Labute approximate surface area is 278 Å². The van der Waals surface area contributed by atoms with Crippen molar-refractivity contribution in [2.24, 2.45) is 4.99 Å². The number of methoxy groups -OCH3 is 2. The molecule has 10 nitrogen and oxygen atoms in total. The number of benzene rings is 3. The number of para-hydroxylation sites is 1. The van der Waals surface area contributed by atoms with Crippen LogP contribution in [0.3, 0.4) is 0 Å². The molecule has 0 aromatic heterocycles. The van der Waals surface area contributed by atoms with Gasteiger partial charge in [0.25, 0.3) is 5.91 Å². The molecule has 11 heteroatoms. The predicted molar refractivity (Wildman–Crippen MR) is 177 cm³/mol. The molecule has 1 aliphatic heterocycles. The molecule has 3 aromatic carbocycles. The van der Waals surface area contributed by atoms with E-state index in [-0.39, 0.29) is 31.9 Å². The van der Waals surface area contributed by atoms with Gasteiger partial charge in [-0.15, -0.1) is 0 Å². The fraction of sp³-hybridized carbons (Fsp3) is 0.400. The van der Waals surface area contributed by atoms with Gasteiger partial charge in [0.1, 0.15) is 11.4 Å². The summed E-state index contributed by atoms with van der Waals surface area (Å²) in [5.41, 5.74) is -0.205. The number of amides is 1. The Morgan fingerprint density at radius 1 is 1.02 bits per heavy atom. The van der Waals surface area contributed by atoms with E-state index >= 15 is 0 Å². The van der Waals surface area contributed by atoms with Crippen LogP contribution in [-0.2, 0) is 25.6 Å². The van der Waals surface area contributed by atoms with Gasteiger partial charge in [0, 0.05) is 47.2 Å². The molecule has 0 saturated carbocycles. The van der Waals surface area contributed by atoms with E-state index in [0.717, 1.165) is 4.47 Å². The van der Waals surface area contributed by atoms with Crippen molar-refractivity contribution in [1.29, 1.82) is 0 Å². The van der Waals surface area contributed by atoms with Gasteiger partial charge in [0.05, 0.1) is 20.8 Å². The summed E-state index contributed by atoms with van der Waals surface area (Å²) in [6.07, 6.45) is -0.428. The average molecular weight is 698 g/mol. The number of ether oxygens (including phenoxy) is 5. The van der Waals surface area contributed by atoms with Gasteiger partial charge in [-0.25, -0.2) is 4.99 Å². The van der Waals surface area contributed by atoms with Crippen LogP contribution in [0.15, 0.2) is 76.2 Å². The van der Waals surface area contributed by atoms with Crippen LogP contribution < -0.4 is 19.5 Å². The zero-order chi connectivity index (χ0) is 33.3. The van der Waals surface area contributed by atoms with Crippen molar-refractivity contribution in [3.05, 3.63) is 87.9 Å². The summed E-state index contributed by atoms with van der Waals surface area (Å²) in [4.78, 5) is 32.5. The number of carbonyl (C=O) groups is 2. The number of esters is 1. The Kier molecular flexibility index (Phi) is 11.7. The molecule has 0 aliphatic carbocycles. The molecule has 46 heavy (non-hydrogen) atoms. The second-order valence-corrected chi connectivity index (χ2v) is 12.6. The molecule has 0 fully saturated rings. The van der Waals surface area contributed by atoms with E-state index < -0.39 is 29.1 Å².